The van der Waals surface area contributed by atoms with Crippen molar-refractivity contribution in [3.05, 3.63) is 64.8 Å². The van der Waals surface area contributed by atoms with Gasteiger partial charge in [-0.15, -0.1) is 0 Å². The number of ether oxygens (including phenoxy) is 2. The van der Waals surface area contributed by atoms with Crippen LogP contribution < -0.4 is 4.90 Å². The zero-order valence-electron chi connectivity index (χ0n) is 14.0. The SMILES string of the molecule is COC(=O)C1=C(C(=O)OC)N(c2cc(F)c(F)c(C(=O)O)c2F)C=CC=C1. The molecule has 1 aliphatic heterocycles. The summed E-state index contributed by atoms with van der Waals surface area (Å²) in [4.78, 5) is 36.0. The second-order valence-electron chi connectivity index (χ2n) is 5.00. The lowest BCUT2D eigenvalue weighted by Gasteiger charge is -2.24. The molecule has 1 heterocycles. The number of carboxylic acids is 1. The largest absolute Gasteiger partial charge is 0.477 e. The maximum atomic E-state index is 14.7. The monoisotopic (exact) mass is 383 g/mol. The van der Waals surface area contributed by atoms with Crippen LogP contribution in [0.5, 0.6) is 0 Å². The van der Waals surface area contributed by atoms with Crippen molar-refractivity contribution in [1.82, 2.24) is 0 Å². The number of hydrogen-bond acceptors (Lipinski definition) is 6. The molecular weight excluding hydrogens is 371 g/mol. The predicted octanol–water partition coefficient (Wildman–Crippen LogP) is 2.29. The Kier molecular flexibility index (Phi) is 5.69. The Labute approximate surface area is 150 Å². The van der Waals surface area contributed by atoms with Gasteiger partial charge >= 0.3 is 17.9 Å². The summed E-state index contributed by atoms with van der Waals surface area (Å²) in [5.74, 6) is -9.41. The third-order valence-electron chi connectivity index (χ3n) is 3.50. The molecular formula is C17H12F3NO6. The molecule has 0 fully saturated rings. The number of carbonyl (C=O) groups excluding carboxylic acids is 2. The van der Waals surface area contributed by atoms with Gasteiger partial charge in [-0.05, 0) is 12.2 Å². The number of allylic oxidation sites excluding steroid dienone is 2. The molecule has 0 radical (unpaired) electrons. The number of nitrogens with zero attached hydrogens (tertiary/aromatic N) is 1. The van der Waals surface area contributed by atoms with E-state index in [4.69, 9.17) is 5.11 Å². The number of hydrogen-bond donors (Lipinski definition) is 1. The number of benzene rings is 1. The number of methoxy groups -OCH3 is 2. The third kappa shape index (κ3) is 3.54. The van der Waals surface area contributed by atoms with E-state index in [-0.39, 0.29) is 5.57 Å². The average molecular weight is 383 g/mol. The van der Waals surface area contributed by atoms with E-state index in [0.717, 1.165) is 26.5 Å². The average Bonchev–Trinajstić information content (AvgIpc) is 2.86. The zero-order valence-corrected chi connectivity index (χ0v) is 14.0. The van der Waals surface area contributed by atoms with E-state index in [1.165, 1.54) is 12.2 Å². The van der Waals surface area contributed by atoms with Gasteiger partial charge in [0, 0.05) is 12.3 Å². The molecule has 0 saturated carbocycles. The lowest BCUT2D eigenvalue weighted by Crippen LogP contribution is -2.28. The lowest BCUT2D eigenvalue weighted by atomic mass is 10.1. The molecule has 2 rings (SSSR count). The molecule has 0 unspecified atom stereocenters. The van der Waals surface area contributed by atoms with E-state index in [0.29, 0.717) is 11.0 Å². The fourth-order valence-corrected chi connectivity index (χ4v) is 2.30. The van der Waals surface area contributed by atoms with E-state index >= 15 is 0 Å². The van der Waals surface area contributed by atoms with Crippen molar-refractivity contribution in [1.29, 1.82) is 0 Å². The molecule has 0 saturated heterocycles. The number of anilines is 1. The van der Waals surface area contributed by atoms with Gasteiger partial charge in [0.15, 0.2) is 17.5 Å². The van der Waals surface area contributed by atoms with Crippen LogP contribution in [-0.4, -0.2) is 37.2 Å². The fraction of sp³-hybridized carbons (Fsp3) is 0.118. The maximum absolute atomic E-state index is 14.7. The van der Waals surface area contributed by atoms with Gasteiger partial charge in [-0.3, -0.25) is 0 Å². The number of carbonyl (C=O) groups is 3. The summed E-state index contributed by atoms with van der Waals surface area (Å²) in [5, 5.41) is 8.98. The van der Waals surface area contributed by atoms with Crippen molar-refractivity contribution in [2.45, 2.75) is 0 Å². The molecule has 142 valence electrons. The van der Waals surface area contributed by atoms with Gasteiger partial charge in [0.2, 0.25) is 0 Å². The Balaban J connectivity index is 2.85. The topological polar surface area (TPSA) is 93.1 Å². The second-order valence-corrected chi connectivity index (χ2v) is 5.00. The summed E-state index contributed by atoms with van der Waals surface area (Å²) in [7, 11) is 2.01. The first-order valence-electron chi connectivity index (χ1n) is 7.20. The molecule has 0 aromatic heterocycles. The molecule has 10 heteroatoms. The van der Waals surface area contributed by atoms with Crippen LogP contribution in [0, 0.1) is 17.5 Å². The summed E-state index contributed by atoms with van der Waals surface area (Å²) in [6.07, 6.45) is 4.75. The van der Waals surface area contributed by atoms with Crippen LogP contribution in [0.15, 0.2) is 41.8 Å². The Morgan fingerprint density at radius 2 is 1.63 bits per heavy atom. The van der Waals surface area contributed by atoms with Gasteiger partial charge in [0.25, 0.3) is 0 Å². The van der Waals surface area contributed by atoms with Crippen molar-refractivity contribution in [3.8, 4) is 0 Å². The Morgan fingerprint density at radius 3 is 2.19 bits per heavy atom. The second kappa shape index (κ2) is 7.77. The van der Waals surface area contributed by atoms with Crippen LogP contribution in [0.1, 0.15) is 10.4 Å². The van der Waals surface area contributed by atoms with Crippen LogP contribution in [-0.2, 0) is 19.1 Å². The van der Waals surface area contributed by atoms with E-state index in [2.05, 4.69) is 9.47 Å². The number of esters is 2. The van der Waals surface area contributed by atoms with Gasteiger partial charge in [-0.2, -0.15) is 0 Å². The van der Waals surface area contributed by atoms with Crippen molar-refractivity contribution in [2.75, 3.05) is 19.1 Å². The molecule has 1 aromatic carbocycles. The van der Waals surface area contributed by atoms with Crippen molar-refractivity contribution < 1.29 is 42.1 Å². The standard InChI is InChI=1S/C17H12F3NO6/c1-26-16(24)8-5-3-4-6-21(14(8)17(25)27-2)10-7-9(18)12(19)11(13(10)20)15(22)23/h3-7H,1-2H3,(H,22,23). The molecule has 1 N–H and O–H groups in total. The first-order valence-corrected chi connectivity index (χ1v) is 7.20. The van der Waals surface area contributed by atoms with Crippen LogP contribution in [0.3, 0.4) is 0 Å². The van der Waals surface area contributed by atoms with Crippen LogP contribution in [0.2, 0.25) is 0 Å². The summed E-state index contributed by atoms with van der Waals surface area (Å²) in [6, 6.07) is 0.352. The number of rotatable bonds is 4. The first-order chi connectivity index (χ1) is 12.7. The molecule has 1 aromatic rings. The summed E-state index contributed by atoms with van der Waals surface area (Å²) < 4.78 is 51.4. The summed E-state index contributed by atoms with van der Waals surface area (Å²) in [6.45, 7) is 0. The van der Waals surface area contributed by atoms with Crippen molar-refractivity contribution >= 4 is 23.6 Å². The van der Waals surface area contributed by atoms with Crippen molar-refractivity contribution in [3.63, 3.8) is 0 Å². The molecule has 7 nitrogen and oxygen atoms in total. The minimum Gasteiger partial charge on any atom is -0.477 e. The molecule has 0 atom stereocenters. The minimum atomic E-state index is -2.06. The van der Waals surface area contributed by atoms with Crippen LogP contribution >= 0.6 is 0 Å². The Morgan fingerprint density at radius 1 is 1.00 bits per heavy atom. The molecule has 0 bridgehead atoms. The fourth-order valence-electron chi connectivity index (χ4n) is 2.30. The number of halogens is 3. The quantitative estimate of drug-likeness (QED) is 0.630. The van der Waals surface area contributed by atoms with E-state index in [1.54, 1.807) is 0 Å². The van der Waals surface area contributed by atoms with Gasteiger partial charge in [-0.1, -0.05) is 6.08 Å². The Bertz CT molecular complexity index is 920. The first kappa shape index (κ1) is 19.8. The highest BCUT2D eigenvalue weighted by atomic mass is 19.2. The number of aromatic carboxylic acids is 1. The lowest BCUT2D eigenvalue weighted by molar-refractivity contribution is -0.139. The summed E-state index contributed by atoms with van der Waals surface area (Å²) in [5.41, 5.74) is -3.35. The smallest absolute Gasteiger partial charge is 0.355 e. The van der Waals surface area contributed by atoms with Crippen LogP contribution in [0.25, 0.3) is 0 Å². The van der Waals surface area contributed by atoms with Crippen molar-refractivity contribution in [2.24, 2.45) is 0 Å². The van der Waals surface area contributed by atoms with Gasteiger partial charge in [0.1, 0.15) is 11.3 Å². The molecule has 27 heavy (non-hydrogen) atoms. The highest BCUT2D eigenvalue weighted by molar-refractivity contribution is 6.05. The van der Waals surface area contributed by atoms with E-state index < -0.39 is 52.3 Å². The van der Waals surface area contributed by atoms with Gasteiger partial charge in [0.05, 0.1) is 25.5 Å². The minimum absolute atomic E-state index is 0.352. The predicted molar refractivity (Wildman–Crippen MR) is 85.1 cm³/mol. The van der Waals surface area contributed by atoms with Gasteiger partial charge in [-0.25, -0.2) is 27.6 Å². The highest BCUT2D eigenvalue weighted by Gasteiger charge is 2.32. The van der Waals surface area contributed by atoms with Gasteiger partial charge < -0.3 is 19.5 Å². The molecule has 0 spiro atoms. The molecule has 0 aliphatic carbocycles. The summed E-state index contributed by atoms with van der Waals surface area (Å²) >= 11 is 0. The Hall–Kier alpha value is -3.56. The third-order valence-corrected chi connectivity index (χ3v) is 3.50. The molecule has 1 aliphatic rings. The zero-order chi connectivity index (χ0) is 20.3. The highest BCUT2D eigenvalue weighted by Crippen LogP contribution is 2.32. The maximum Gasteiger partial charge on any atom is 0.355 e. The molecule has 0 amide bonds. The van der Waals surface area contributed by atoms with E-state index in [9.17, 15) is 27.6 Å². The van der Waals surface area contributed by atoms with E-state index in [1.807, 2.05) is 0 Å². The number of carboxylic acid groups (broad SMARTS) is 1. The van der Waals surface area contributed by atoms with Crippen LogP contribution in [0.4, 0.5) is 18.9 Å². The normalized spacial score (nSPS) is 13.4.